The molecule has 1 aliphatic carbocycles. The molecule has 0 aromatic carbocycles. The van der Waals surface area contributed by atoms with E-state index in [0.29, 0.717) is 17.8 Å². The van der Waals surface area contributed by atoms with Crippen molar-refractivity contribution in [2.24, 2.45) is 17.8 Å². The van der Waals surface area contributed by atoms with Crippen molar-refractivity contribution in [2.45, 2.75) is 52.1 Å². The van der Waals surface area contributed by atoms with Gasteiger partial charge in [-0.2, -0.15) is 0 Å². The van der Waals surface area contributed by atoms with E-state index < -0.39 is 0 Å². The van der Waals surface area contributed by atoms with Gasteiger partial charge in [-0.15, -0.1) is 0 Å². The Balaban J connectivity index is 2.42. The van der Waals surface area contributed by atoms with Gasteiger partial charge < -0.3 is 10.2 Å². The molecule has 1 saturated carbocycles. The first-order valence-electron chi connectivity index (χ1n) is 5.99. The van der Waals surface area contributed by atoms with Crippen LogP contribution in [0.2, 0.25) is 0 Å². The maximum Gasteiger partial charge on any atom is 0.0600 e. The lowest BCUT2D eigenvalue weighted by molar-refractivity contribution is 0.0668. The Morgan fingerprint density at radius 1 is 1.29 bits per heavy atom. The van der Waals surface area contributed by atoms with Gasteiger partial charge in [-0.3, -0.25) is 0 Å². The van der Waals surface area contributed by atoms with Crippen LogP contribution in [0.25, 0.3) is 0 Å². The number of hydrogen-bond donors (Lipinski definition) is 2. The average Bonchev–Trinajstić information content (AvgIpc) is 2.43. The molecule has 14 heavy (non-hydrogen) atoms. The third-order valence-electron chi connectivity index (χ3n) is 3.72. The molecule has 0 aromatic heterocycles. The van der Waals surface area contributed by atoms with Crippen LogP contribution >= 0.6 is 0 Å². The van der Waals surface area contributed by atoms with Gasteiger partial charge in [0.1, 0.15) is 0 Å². The first-order chi connectivity index (χ1) is 6.70. The first-order valence-corrected chi connectivity index (χ1v) is 5.99. The molecule has 0 spiro atoms. The molecule has 2 N–H and O–H groups in total. The molecule has 0 amide bonds. The predicted molar refractivity (Wildman–Crippen MR) is 58.0 cm³/mol. The third kappa shape index (κ3) is 2.71. The molecule has 0 aliphatic heterocycles. The van der Waals surface area contributed by atoms with Crippen molar-refractivity contribution >= 4 is 0 Å². The summed E-state index contributed by atoms with van der Waals surface area (Å²) in [6.07, 6.45) is 5.34. The Labute approximate surface area is 87.3 Å². The van der Waals surface area contributed by atoms with Crippen LogP contribution in [-0.2, 0) is 0 Å². The number of hydrogen-bond acceptors (Lipinski definition) is 2. The van der Waals surface area contributed by atoms with Gasteiger partial charge in [0.05, 0.1) is 6.10 Å². The zero-order chi connectivity index (χ0) is 10.6. The van der Waals surface area contributed by atoms with E-state index in [2.05, 4.69) is 13.8 Å². The van der Waals surface area contributed by atoms with Crippen LogP contribution in [0.15, 0.2) is 0 Å². The zero-order valence-corrected chi connectivity index (χ0v) is 9.45. The van der Waals surface area contributed by atoms with E-state index in [-0.39, 0.29) is 12.7 Å². The molecule has 0 radical (unpaired) electrons. The van der Waals surface area contributed by atoms with E-state index >= 15 is 0 Å². The fourth-order valence-corrected chi connectivity index (χ4v) is 2.84. The van der Waals surface area contributed by atoms with E-state index in [1.807, 2.05) is 0 Å². The molecule has 4 atom stereocenters. The van der Waals surface area contributed by atoms with Crippen LogP contribution < -0.4 is 0 Å². The molecular formula is C12H24O2. The summed E-state index contributed by atoms with van der Waals surface area (Å²) in [6, 6.07) is 0. The fraction of sp³-hybridized carbons (Fsp3) is 1.00. The van der Waals surface area contributed by atoms with Crippen molar-refractivity contribution in [3.63, 3.8) is 0 Å². The predicted octanol–water partition coefficient (Wildman–Crippen LogP) is 2.19. The highest BCUT2D eigenvalue weighted by molar-refractivity contribution is 4.88. The van der Waals surface area contributed by atoms with Crippen LogP contribution in [-0.4, -0.2) is 22.9 Å². The van der Waals surface area contributed by atoms with Crippen LogP contribution in [0.3, 0.4) is 0 Å². The smallest absolute Gasteiger partial charge is 0.0600 e. The standard InChI is InChI=1S/C12H24O2/c1-3-4-5-10-8-9(2)11(6-7-13)12(10)14/h9-14H,3-8H2,1-2H3. The van der Waals surface area contributed by atoms with Crippen molar-refractivity contribution < 1.29 is 10.2 Å². The molecule has 4 unspecified atom stereocenters. The zero-order valence-electron chi connectivity index (χ0n) is 9.45. The summed E-state index contributed by atoms with van der Waals surface area (Å²) in [6.45, 7) is 4.61. The minimum absolute atomic E-state index is 0.163. The van der Waals surface area contributed by atoms with Gasteiger partial charge in [0, 0.05) is 6.61 Å². The van der Waals surface area contributed by atoms with Crippen molar-refractivity contribution in [1.29, 1.82) is 0 Å². The Bertz CT molecular complexity index is 158. The van der Waals surface area contributed by atoms with Crippen molar-refractivity contribution in [2.75, 3.05) is 6.61 Å². The monoisotopic (exact) mass is 200 g/mol. The maximum atomic E-state index is 10.1. The van der Waals surface area contributed by atoms with Crippen LogP contribution in [0.1, 0.15) is 46.0 Å². The molecular weight excluding hydrogens is 176 g/mol. The summed E-state index contributed by atoms with van der Waals surface area (Å²) in [7, 11) is 0. The van der Waals surface area contributed by atoms with Gasteiger partial charge in [-0.25, -0.2) is 0 Å². The van der Waals surface area contributed by atoms with E-state index in [9.17, 15) is 5.11 Å². The van der Waals surface area contributed by atoms with E-state index in [1.165, 1.54) is 12.8 Å². The molecule has 1 fully saturated rings. The summed E-state index contributed by atoms with van der Waals surface area (Å²) < 4.78 is 0. The fourth-order valence-electron chi connectivity index (χ4n) is 2.84. The van der Waals surface area contributed by atoms with Crippen molar-refractivity contribution in [1.82, 2.24) is 0 Å². The lowest BCUT2D eigenvalue weighted by Gasteiger charge is -2.20. The highest BCUT2D eigenvalue weighted by atomic mass is 16.3. The molecule has 1 aliphatic rings. The van der Waals surface area contributed by atoms with Gasteiger partial charge in [-0.05, 0) is 37.0 Å². The highest BCUT2D eigenvalue weighted by Crippen LogP contribution is 2.40. The number of aliphatic hydroxyl groups is 2. The summed E-state index contributed by atoms with van der Waals surface area (Å²) in [5.74, 6) is 1.40. The van der Waals surface area contributed by atoms with Gasteiger partial charge >= 0.3 is 0 Å². The Kier molecular flexibility index (Phi) is 4.90. The number of aliphatic hydroxyl groups excluding tert-OH is 2. The lowest BCUT2D eigenvalue weighted by atomic mass is 9.92. The van der Waals surface area contributed by atoms with Crippen LogP contribution in [0.5, 0.6) is 0 Å². The van der Waals surface area contributed by atoms with Crippen molar-refractivity contribution in [3.05, 3.63) is 0 Å². The minimum atomic E-state index is -0.163. The molecule has 2 nitrogen and oxygen atoms in total. The van der Waals surface area contributed by atoms with Gasteiger partial charge in [0.2, 0.25) is 0 Å². The van der Waals surface area contributed by atoms with Gasteiger partial charge in [0.15, 0.2) is 0 Å². The Hall–Kier alpha value is -0.0800. The molecule has 0 aromatic rings. The normalized spacial score (nSPS) is 37.7. The van der Waals surface area contributed by atoms with Gasteiger partial charge in [0.25, 0.3) is 0 Å². The Morgan fingerprint density at radius 3 is 2.57 bits per heavy atom. The summed E-state index contributed by atoms with van der Waals surface area (Å²) in [4.78, 5) is 0. The van der Waals surface area contributed by atoms with E-state index in [1.54, 1.807) is 0 Å². The molecule has 2 heteroatoms. The summed E-state index contributed by atoms with van der Waals surface area (Å²) in [5.41, 5.74) is 0. The Morgan fingerprint density at radius 2 is 2.00 bits per heavy atom. The average molecular weight is 200 g/mol. The second-order valence-corrected chi connectivity index (χ2v) is 4.78. The molecule has 0 heterocycles. The first kappa shape index (κ1) is 12.0. The number of rotatable bonds is 5. The van der Waals surface area contributed by atoms with Crippen LogP contribution in [0, 0.1) is 17.8 Å². The van der Waals surface area contributed by atoms with E-state index in [0.717, 1.165) is 19.3 Å². The highest BCUT2D eigenvalue weighted by Gasteiger charge is 2.38. The van der Waals surface area contributed by atoms with Crippen LogP contribution in [0.4, 0.5) is 0 Å². The quantitative estimate of drug-likeness (QED) is 0.714. The molecule has 0 bridgehead atoms. The summed E-state index contributed by atoms with van der Waals surface area (Å²) in [5, 5.41) is 19.0. The second kappa shape index (κ2) is 5.72. The second-order valence-electron chi connectivity index (χ2n) is 4.78. The molecule has 0 saturated heterocycles. The largest absolute Gasteiger partial charge is 0.396 e. The maximum absolute atomic E-state index is 10.1. The number of unbranched alkanes of at least 4 members (excludes halogenated alkanes) is 1. The molecule has 84 valence electrons. The van der Waals surface area contributed by atoms with Gasteiger partial charge in [-0.1, -0.05) is 26.7 Å². The summed E-state index contributed by atoms with van der Waals surface area (Å²) >= 11 is 0. The topological polar surface area (TPSA) is 40.5 Å². The third-order valence-corrected chi connectivity index (χ3v) is 3.72. The SMILES string of the molecule is CCCCC1CC(C)C(CCO)C1O. The van der Waals surface area contributed by atoms with E-state index in [4.69, 9.17) is 5.11 Å². The molecule has 1 rings (SSSR count). The minimum Gasteiger partial charge on any atom is -0.396 e. The lowest BCUT2D eigenvalue weighted by Crippen LogP contribution is -2.23. The van der Waals surface area contributed by atoms with Crippen molar-refractivity contribution in [3.8, 4) is 0 Å².